The molecule has 0 aromatic carbocycles. The molecule has 2 atom stereocenters. The van der Waals surface area contributed by atoms with Gasteiger partial charge in [0, 0.05) is 29.4 Å². The Labute approximate surface area is 115 Å². The molecule has 0 bridgehead atoms. The number of pyridine rings is 1. The minimum Gasteiger partial charge on any atom is -0.496 e. The van der Waals surface area contributed by atoms with E-state index in [1.807, 2.05) is 20.0 Å². The molecule has 0 N–H and O–H groups in total. The summed E-state index contributed by atoms with van der Waals surface area (Å²) >= 11 is 0. The van der Waals surface area contributed by atoms with Crippen LogP contribution in [0.1, 0.15) is 43.0 Å². The summed E-state index contributed by atoms with van der Waals surface area (Å²) in [6.45, 7) is 6.27. The van der Waals surface area contributed by atoms with Crippen molar-refractivity contribution in [3.05, 3.63) is 23.0 Å². The molecule has 0 aliphatic heterocycles. The maximum absolute atomic E-state index is 9.56. The monoisotopic (exact) mass is 258 g/mol. The Morgan fingerprint density at radius 1 is 1.53 bits per heavy atom. The van der Waals surface area contributed by atoms with Crippen molar-refractivity contribution in [1.29, 1.82) is 5.26 Å². The number of aryl methyl sites for hydroxylation is 1. The molecular formula is C16H22N2O. The third-order valence-electron chi connectivity index (χ3n) is 4.35. The van der Waals surface area contributed by atoms with E-state index >= 15 is 0 Å². The minimum atomic E-state index is -0.225. The van der Waals surface area contributed by atoms with Crippen LogP contribution in [0.5, 0.6) is 5.75 Å². The van der Waals surface area contributed by atoms with Gasteiger partial charge in [0.25, 0.3) is 0 Å². The molecule has 0 saturated heterocycles. The van der Waals surface area contributed by atoms with Gasteiger partial charge in [-0.3, -0.25) is 4.98 Å². The molecule has 1 aliphatic rings. The van der Waals surface area contributed by atoms with Crippen molar-refractivity contribution in [1.82, 2.24) is 4.98 Å². The van der Waals surface area contributed by atoms with Crippen molar-refractivity contribution in [3.63, 3.8) is 0 Å². The topological polar surface area (TPSA) is 45.9 Å². The summed E-state index contributed by atoms with van der Waals surface area (Å²) in [5.41, 5.74) is 2.92. The molecule has 1 heterocycles. The molecule has 0 spiro atoms. The standard InChI is InChI=1S/C16H22N2O/c1-11-5-6-16(7-11,10-17)8-14-13(3)15(19-4)12(2)9-18-14/h9,11H,5-8H2,1-4H3. The van der Waals surface area contributed by atoms with Crippen LogP contribution in [-0.2, 0) is 6.42 Å². The normalized spacial score (nSPS) is 26.2. The summed E-state index contributed by atoms with van der Waals surface area (Å²) in [6.07, 6.45) is 5.72. The van der Waals surface area contributed by atoms with Crippen molar-refractivity contribution >= 4 is 0 Å². The van der Waals surface area contributed by atoms with Gasteiger partial charge in [0.05, 0.1) is 18.6 Å². The van der Waals surface area contributed by atoms with Gasteiger partial charge in [-0.25, -0.2) is 0 Å². The number of aromatic nitrogens is 1. The van der Waals surface area contributed by atoms with Gasteiger partial charge in [0.15, 0.2) is 0 Å². The van der Waals surface area contributed by atoms with Gasteiger partial charge in [-0.05, 0) is 39.0 Å². The van der Waals surface area contributed by atoms with E-state index in [9.17, 15) is 5.26 Å². The van der Waals surface area contributed by atoms with E-state index in [-0.39, 0.29) is 5.41 Å². The first-order valence-corrected chi connectivity index (χ1v) is 6.91. The predicted molar refractivity (Wildman–Crippen MR) is 75.0 cm³/mol. The highest BCUT2D eigenvalue weighted by atomic mass is 16.5. The Morgan fingerprint density at radius 2 is 2.26 bits per heavy atom. The van der Waals surface area contributed by atoms with Crippen LogP contribution in [0, 0.1) is 36.5 Å². The second kappa shape index (κ2) is 5.21. The lowest BCUT2D eigenvalue weighted by Gasteiger charge is -2.22. The van der Waals surface area contributed by atoms with Crippen LogP contribution in [0.15, 0.2) is 6.20 Å². The first kappa shape index (κ1) is 13.9. The van der Waals surface area contributed by atoms with Gasteiger partial charge in [-0.1, -0.05) is 6.92 Å². The fourth-order valence-electron chi connectivity index (χ4n) is 3.27. The maximum Gasteiger partial charge on any atom is 0.128 e. The number of ether oxygens (including phenoxy) is 1. The zero-order valence-corrected chi connectivity index (χ0v) is 12.3. The van der Waals surface area contributed by atoms with E-state index in [1.54, 1.807) is 7.11 Å². The van der Waals surface area contributed by atoms with Gasteiger partial charge in [0.1, 0.15) is 5.75 Å². The second-order valence-electron chi connectivity index (χ2n) is 5.96. The zero-order chi connectivity index (χ0) is 14.0. The van der Waals surface area contributed by atoms with Crippen molar-refractivity contribution in [2.45, 2.75) is 46.5 Å². The van der Waals surface area contributed by atoms with Gasteiger partial charge in [0.2, 0.25) is 0 Å². The van der Waals surface area contributed by atoms with E-state index in [2.05, 4.69) is 18.0 Å². The third kappa shape index (κ3) is 2.58. The molecule has 0 radical (unpaired) electrons. The molecule has 3 heteroatoms. The number of hydrogen-bond acceptors (Lipinski definition) is 3. The highest BCUT2D eigenvalue weighted by Crippen LogP contribution is 2.44. The molecule has 2 rings (SSSR count). The number of nitriles is 1. The van der Waals surface area contributed by atoms with Gasteiger partial charge >= 0.3 is 0 Å². The summed E-state index contributed by atoms with van der Waals surface area (Å²) in [6, 6.07) is 2.55. The van der Waals surface area contributed by atoms with E-state index in [0.29, 0.717) is 5.92 Å². The Balaban J connectivity index is 2.31. The summed E-state index contributed by atoms with van der Waals surface area (Å²) in [5.74, 6) is 1.55. The van der Waals surface area contributed by atoms with Crippen LogP contribution < -0.4 is 4.74 Å². The van der Waals surface area contributed by atoms with Crippen LogP contribution in [0.25, 0.3) is 0 Å². The van der Waals surface area contributed by atoms with E-state index < -0.39 is 0 Å². The lowest BCUT2D eigenvalue weighted by Crippen LogP contribution is -2.19. The molecule has 19 heavy (non-hydrogen) atoms. The quantitative estimate of drug-likeness (QED) is 0.832. The Morgan fingerprint density at radius 3 is 2.79 bits per heavy atom. The summed E-state index contributed by atoms with van der Waals surface area (Å²) in [4.78, 5) is 4.54. The van der Waals surface area contributed by atoms with E-state index in [4.69, 9.17) is 4.74 Å². The Bertz CT molecular complexity index is 518. The average Bonchev–Trinajstić information content (AvgIpc) is 2.76. The first-order chi connectivity index (χ1) is 9.01. The zero-order valence-electron chi connectivity index (χ0n) is 12.3. The van der Waals surface area contributed by atoms with Crippen molar-refractivity contribution in [2.24, 2.45) is 11.3 Å². The average molecular weight is 258 g/mol. The molecule has 0 amide bonds. The Hall–Kier alpha value is -1.56. The fraction of sp³-hybridized carbons (Fsp3) is 0.625. The fourth-order valence-corrected chi connectivity index (χ4v) is 3.27. The van der Waals surface area contributed by atoms with Crippen LogP contribution in [0.3, 0.4) is 0 Å². The smallest absolute Gasteiger partial charge is 0.128 e. The summed E-state index contributed by atoms with van der Waals surface area (Å²) in [7, 11) is 1.69. The summed E-state index contributed by atoms with van der Waals surface area (Å²) < 4.78 is 5.45. The van der Waals surface area contributed by atoms with Crippen LogP contribution in [-0.4, -0.2) is 12.1 Å². The molecule has 1 aromatic heterocycles. The largest absolute Gasteiger partial charge is 0.496 e. The second-order valence-corrected chi connectivity index (χ2v) is 5.96. The predicted octanol–water partition coefficient (Wildman–Crippen LogP) is 3.58. The molecule has 102 valence electrons. The molecule has 1 aliphatic carbocycles. The molecule has 1 aromatic rings. The highest BCUT2D eigenvalue weighted by Gasteiger charge is 2.38. The molecular weight excluding hydrogens is 236 g/mol. The SMILES string of the molecule is COc1c(C)cnc(CC2(C#N)CCC(C)C2)c1C. The van der Waals surface area contributed by atoms with Crippen molar-refractivity contribution in [3.8, 4) is 11.8 Å². The van der Waals surface area contributed by atoms with Crippen molar-refractivity contribution in [2.75, 3.05) is 7.11 Å². The van der Waals surface area contributed by atoms with Crippen molar-refractivity contribution < 1.29 is 4.74 Å². The lowest BCUT2D eigenvalue weighted by molar-refractivity contribution is 0.380. The molecule has 3 nitrogen and oxygen atoms in total. The number of rotatable bonds is 3. The van der Waals surface area contributed by atoms with Gasteiger partial charge < -0.3 is 4.74 Å². The molecule has 1 saturated carbocycles. The maximum atomic E-state index is 9.56. The number of methoxy groups -OCH3 is 1. The van der Waals surface area contributed by atoms with Crippen LogP contribution >= 0.6 is 0 Å². The van der Waals surface area contributed by atoms with Crippen LogP contribution in [0.4, 0.5) is 0 Å². The van der Waals surface area contributed by atoms with Gasteiger partial charge in [-0.15, -0.1) is 0 Å². The third-order valence-corrected chi connectivity index (χ3v) is 4.35. The Kier molecular flexibility index (Phi) is 3.80. The summed E-state index contributed by atoms with van der Waals surface area (Å²) in [5, 5.41) is 9.56. The number of hydrogen-bond donors (Lipinski definition) is 0. The highest BCUT2D eigenvalue weighted by molar-refractivity contribution is 5.41. The molecule has 1 fully saturated rings. The number of nitrogens with zero attached hydrogens (tertiary/aromatic N) is 2. The molecule has 2 unspecified atom stereocenters. The minimum absolute atomic E-state index is 0.225. The lowest BCUT2D eigenvalue weighted by atomic mass is 9.81. The van der Waals surface area contributed by atoms with E-state index in [1.165, 1.54) is 0 Å². The first-order valence-electron chi connectivity index (χ1n) is 6.91. The van der Waals surface area contributed by atoms with E-state index in [0.717, 1.165) is 48.3 Å². The van der Waals surface area contributed by atoms with Gasteiger partial charge in [-0.2, -0.15) is 5.26 Å². The van der Waals surface area contributed by atoms with Crippen LogP contribution in [0.2, 0.25) is 0 Å².